The molecule has 1 aliphatic heterocycles. The first kappa shape index (κ1) is 16.6. The fourth-order valence-electron chi connectivity index (χ4n) is 3.33. The van der Waals surface area contributed by atoms with Crippen LogP contribution >= 0.6 is 0 Å². The van der Waals surface area contributed by atoms with E-state index in [1.807, 2.05) is 24.3 Å². The Morgan fingerprint density at radius 1 is 1.15 bits per heavy atom. The molecule has 1 fully saturated rings. The van der Waals surface area contributed by atoms with Crippen molar-refractivity contribution in [1.29, 1.82) is 0 Å². The average Bonchev–Trinajstić information content (AvgIpc) is 3.01. The van der Waals surface area contributed by atoms with Crippen LogP contribution in [-0.2, 0) is 6.54 Å². The van der Waals surface area contributed by atoms with Gasteiger partial charge < -0.3 is 10.4 Å². The molecule has 1 aromatic carbocycles. The lowest BCUT2D eigenvalue weighted by Gasteiger charge is -2.17. The summed E-state index contributed by atoms with van der Waals surface area (Å²) < 4.78 is 0. The van der Waals surface area contributed by atoms with Crippen molar-refractivity contribution in [3.05, 3.63) is 66.4 Å². The molecule has 0 radical (unpaired) electrons. The molecule has 0 aliphatic carbocycles. The van der Waals surface area contributed by atoms with Crippen molar-refractivity contribution in [3.8, 4) is 0 Å². The van der Waals surface area contributed by atoms with Crippen LogP contribution in [0.4, 0.5) is 0 Å². The highest BCUT2D eigenvalue weighted by Gasteiger charge is 2.32. The number of aliphatic hydroxyl groups is 1. The maximum atomic E-state index is 12.2. The van der Waals surface area contributed by atoms with E-state index in [9.17, 15) is 9.90 Å². The van der Waals surface area contributed by atoms with Gasteiger partial charge >= 0.3 is 0 Å². The fraction of sp³-hybridized carbons (Fsp3) is 0.263. The fourth-order valence-corrected chi connectivity index (χ4v) is 3.33. The SMILES string of the molecule is O=C(N[C@@H]1CN(Cc2ccnc3ccccc23)C[C@H]1O)c1cnccn1. The smallest absolute Gasteiger partial charge is 0.271 e. The van der Waals surface area contributed by atoms with Crippen molar-refractivity contribution in [1.82, 2.24) is 25.2 Å². The van der Waals surface area contributed by atoms with Crippen LogP contribution in [0.1, 0.15) is 16.1 Å². The largest absolute Gasteiger partial charge is 0.390 e. The molecule has 26 heavy (non-hydrogen) atoms. The van der Waals surface area contributed by atoms with E-state index in [-0.39, 0.29) is 17.6 Å². The third-order valence-electron chi connectivity index (χ3n) is 4.61. The third kappa shape index (κ3) is 3.40. The van der Waals surface area contributed by atoms with Crippen LogP contribution in [-0.4, -0.2) is 56.1 Å². The van der Waals surface area contributed by atoms with Gasteiger partial charge in [-0.2, -0.15) is 0 Å². The molecular weight excluding hydrogens is 330 g/mol. The number of aromatic nitrogens is 3. The Hall–Kier alpha value is -2.90. The van der Waals surface area contributed by atoms with E-state index in [0.29, 0.717) is 19.6 Å². The summed E-state index contributed by atoms with van der Waals surface area (Å²) in [5.74, 6) is -0.321. The number of para-hydroxylation sites is 1. The number of nitrogens with one attached hydrogen (secondary N) is 1. The molecule has 1 aliphatic rings. The number of hydrogen-bond donors (Lipinski definition) is 2. The number of pyridine rings is 1. The Balaban J connectivity index is 1.44. The molecule has 3 aromatic rings. The Kier molecular flexibility index (Phi) is 4.55. The molecule has 4 rings (SSSR count). The van der Waals surface area contributed by atoms with Gasteiger partial charge in [0.1, 0.15) is 5.69 Å². The number of fused-ring (bicyclic) bond motifs is 1. The van der Waals surface area contributed by atoms with Crippen molar-refractivity contribution in [2.75, 3.05) is 13.1 Å². The number of benzene rings is 1. The minimum atomic E-state index is -0.622. The number of carbonyl (C=O) groups excluding carboxylic acids is 1. The van der Waals surface area contributed by atoms with Gasteiger partial charge in [0, 0.05) is 43.6 Å². The Morgan fingerprint density at radius 3 is 2.88 bits per heavy atom. The molecule has 2 aromatic heterocycles. The molecule has 7 heteroatoms. The summed E-state index contributed by atoms with van der Waals surface area (Å²) >= 11 is 0. The highest BCUT2D eigenvalue weighted by atomic mass is 16.3. The van der Waals surface area contributed by atoms with Crippen LogP contribution in [0.5, 0.6) is 0 Å². The lowest BCUT2D eigenvalue weighted by atomic mass is 10.1. The van der Waals surface area contributed by atoms with E-state index < -0.39 is 6.10 Å². The second-order valence-corrected chi connectivity index (χ2v) is 6.42. The van der Waals surface area contributed by atoms with Crippen molar-refractivity contribution < 1.29 is 9.90 Å². The Labute approximate surface area is 150 Å². The summed E-state index contributed by atoms with van der Waals surface area (Å²) in [4.78, 5) is 26.6. The number of likely N-dealkylation sites (tertiary alicyclic amines) is 1. The predicted octanol–water partition coefficient (Wildman–Crippen LogP) is 1.000. The molecule has 0 saturated carbocycles. The van der Waals surface area contributed by atoms with E-state index in [1.54, 1.807) is 6.20 Å². The van der Waals surface area contributed by atoms with Crippen LogP contribution in [0.25, 0.3) is 10.9 Å². The number of amides is 1. The minimum absolute atomic E-state index is 0.248. The number of carbonyl (C=O) groups is 1. The van der Waals surface area contributed by atoms with Gasteiger partial charge in [-0.3, -0.25) is 19.7 Å². The van der Waals surface area contributed by atoms with E-state index in [1.165, 1.54) is 18.6 Å². The van der Waals surface area contributed by atoms with Gasteiger partial charge in [-0.05, 0) is 17.7 Å². The molecular formula is C19H19N5O2. The number of hydrogen-bond acceptors (Lipinski definition) is 6. The van der Waals surface area contributed by atoms with Crippen LogP contribution < -0.4 is 5.32 Å². The molecule has 2 N–H and O–H groups in total. The zero-order chi connectivity index (χ0) is 17.9. The monoisotopic (exact) mass is 349 g/mol. The van der Waals surface area contributed by atoms with E-state index >= 15 is 0 Å². The van der Waals surface area contributed by atoms with Crippen LogP contribution in [0.15, 0.2) is 55.1 Å². The standard InChI is InChI=1S/C19H19N5O2/c25-18-12-24(10-13-5-6-21-15-4-2-1-3-14(13)15)11-17(18)23-19(26)16-9-20-7-8-22-16/h1-9,17-18,25H,10-12H2,(H,23,26)/t17-,18-/m1/s1. The first-order valence-corrected chi connectivity index (χ1v) is 8.50. The summed E-state index contributed by atoms with van der Waals surface area (Å²) in [5, 5.41) is 14.3. The summed E-state index contributed by atoms with van der Waals surface area (Å²) in [7, 11) is 0. The maximum Gasteiger partial charge on any atom is 0.271 e. The molecule has 0 unspecified atom stereocenters. The highest BCUT2D eigenvalue weighted by molar-refractivity contribution is 5.92. The molecule has 0 spiro atoms. The van der Waals surface area contributed by atoms with Gasteiger partial charge in [0.15, 0.2) is 0 Å². The maximum absolute atomic E-state index is 12.2. The zero-order valence-electron chi connectivity index (χ0n) is 14.1. The van der Waals surface area contributed by atoms with Crippen molar-refractivity contribution in [2.24, 2.45) is 0 Å². The van der Waals surface area contributed by atoms with Crippen LogP contribution in [0.2, 0.25) is 0 Å². The van der Waals surface area contributed by atoms with Crippen molar-refractivity contribution in [3.63, 3.8) is 0 Å². The van der Waals surface area contributed by atoms with Gasteiger partial charge in [0.05, 0.1) is 23.9 Å². The second kappa shape index (κ2) is 7.15. The van der Waals surface area contributed by atoms with Crippen molar-refractivity contribution in [2.45, 2.75) is 18.7 Å². The van der Waals surface area contributed by atoms with E-state index in [0.717, 1.165) is 16.5 Å². The normalized spacial score (nSPS) is 20.3. The van der Waals surface area contributed by atoms with Gasteiger partial charge in [-0.25, -0.2) is 4.98 Å². The molecule has 1 saturated heterocycles. The Morgan fingerprint density at radius 2 is 2.04 bits per heavy atom. The van der Waals surface area contributed by atoms with Gasteiger partial charge in [-0.15, -0.1) is 0 Å². The van der Waals surface area contributed by atoms with E-state index in [2.05, 4.69) is 31.2 Å². The highest BCUT2D eigenvalue weighted by Crippen LogP contribution is 2.20. The first-order valence-electron chi connectivity index (χ1n) is 8.50. The average molecular weight is 349 g/mol. The summed E-state index contributed by atoms with van der Waals surface area (Å²) in [6.45, 7) is 1.77. The number of β-amino-alcohol motifs (C(OH)–C–C–N with tert-alkyl or cyclic N) is 1. The number of nitrogens with zero attached hydrogens (tertiary/aromatic N) is 4. The third-order valence-corrected chi connectivity index (χ3v) is 4.61. The zero-order valence-corrected chi connectivity index (χ0v) is 14.1. The Bertz CT molecular complexity index is 913. The second-order valence-electron chi connectivity index (χ2n) is 6.42. The van der Waals surface area contributed by atoms with Crippen LogP contribution in [0.3, 0.4) is 0 Å². The molecule has 132 valence electrons. The molecule has 2 atom stereocenters. The van der Waals surface area contributed by atoms with Crippen molar-refractivity contribution >= 4 is 16.8 Å². The van der Waals surface area contributed by atoms with Gasteiger partial charge in [0.2, 0.25) is 0 Å². The summed E-state index contributed by atoms with van der Waals surface area (Å²) in [5.41, 5.74) is 2.36. The molecule has 7 nitrogen and oxygen atoms in total. The lowest BCUT2D eigenvalue weighted by Crippen LogP contribution is -2.43. The van der Waals surface area contributed by atoms with E-state index in [4.69, 9.17) is 0 Å². The van der Waals surface area contributed by atoms with Gasteiger partial charge in [0.25, 0.3) is 5.91 Å². The molecule has 1 amide bonds. The number of rotatable bonds is 4. The number of aliphatic hydroxyl groups excluding tert-OH is 1. The van der Waals surface area contributed by atoms with Crippen LogP contribution in [0, 0.1) is 0 Å². The molecule has 3 heterocycles. The quantitative estimate of drug-likeness (QED) is 0.730. The summed E-state index contributed by atoms with van der Waals surface area (Å²) in [6, 6.07) is 9.67. The summed E-state index contributed by atoms with van der Waals surface area (Å²) in [6.07, 6.45) is 5.58. The minimum Gasteiger partial charge on any atom is -0.390 e. The predicted molar refractivity (Wildman–Crippen MR) is 96.3 cm³/mol. The topological polar surface area (TPSA) is 91.2 Å². The molecule has 0 bridgehead atoms. The lowest BCUT2D eigenvalue weighted by molar-refractivity contribution is 0.0883. The first-order chi connectivity index (χ1) is 12.7. The van der Waals surface area contributed by atoms with Gasteiger partial charge in [-0.1, -0.05) is 18.2 Å².